The lowest BCUT2D eigenvalue weighted by atomic mass is 9.85. The molecule has 0 aromatic carbocycles. The second-order valence-corrected chi connectivity index (χ2v) is 5.47. The van der Waals surface area contributed by atoms with Crippen molar-refractivity contribution in [2.24, 2.45) is 5.41 Å². The van der Waals surface area contributed by atoms with Gasteiger partial charge in [0.1, 0.15) is 0 Å². The highest BCUT2D eigenvalue weighted by Crippen LogP contribution is 2.30. The molecule has 1 rings (SSSR count). The largest absolute Gasteiger partial charge is 0.469 e. The van der Waals surface area contributed by atoms with Gasteiger partial charge >= 0.3 is 5.97 Å². The van der Waals surface area contributed by atoms with Gasteiger partial charge in [-0.3, -0.25) is 9.59 Å². The van der Waals surface area contributed by atoms with Crippen LogP contribution in [0.1, 0.15) is 46.0 Å². The lowest BCUT2D eigenvalue weighted by Gasteiger charge is -2.23. The van der Waals surface area contributed by atoms with Crippen molar-refractivity contribution in [2.45, 2.75) is 46.0 Å². The van der Waals surface area contributed by atoms with E-state index in [-0.39, 0.29) is 17.3 Å². The number of hydrogen-bond acceptors (Lipinski definition) is 3. The Morgan fingerprint density at radius 1 is 1.41 bits per heavy atom. The molecule has 0 aliphatic carbocycles. The molecule has 0 saturated carbocycles. The number of carbonyl (C=O) groups excluding carboxylic acids is 2. The fraction of sp³-hybridized carbons (Fsp3) is 0.846. The summed E-state index contributed by atoms with van der Waals surface area (Å²) < 4.78 is 4.58. The molecule has 0 N–H and O–H groups in total. The molecule has 0 radical (unpaired) electrons. The van der Waals surface area contributed by atoms with Crippen molar-refractivity contribution < 1.29 is 14.3 Å². The van der Waals surface area contributed by atoms with E-state index in [1.54, 1.807) is 0 Å². The molecule has 1 aliphatic rings. The Morgan fingerprint density at radius 2 is 2.12 bits per heavy atom. The van der Waals surface area contributed by atoms with Crippen molar-refractivity contribution >= 4 is 11.9 Å². The van der Waals surface area contributed by atoms with Crippen LogP contribution in [0.3, 0.4) is 0 Å². The zero-order valence-electron chi connectivity index (χ0n) is 11.1. The van der Waals surface area contributed by atoms with Crippen LogP contribution in [0.15, 0.2) is 0 Å². The lowest BCUT2D eigenvalue weighted by molar-refractivity contribution is -0.141. The fourth-order valence-electron chi connectivity index (χ4n) is 2.04. The molecule has 4 nitrogen and oxygen atoms in total. The Kier molecular flexibility index (Phi) is 4.97. The van der Waals surface area contributed by atoms with Crippen molar-refractivity contribution in [3.63, 3.8) is 0 Å². The maximum Gasteiger partial charge on any atom is 0.305 e. The number of rotatable bonds is 4. The van der Waals surface area contributed by atoms with Gasteiger partial charge in [-0.25, -0.2) is 0 Å². The highest BCUT2D eigenvalue weighted by Gasteiger charge is 2.26. The molecule has 0 aromatic rings. The second-order valence-electron chi connectivity index (χ2n) is 5.47. The van der Waals surface area contributed by atoms with Crippen LogP contribution in [0.5, 0.6) is 0 Å². The van der Waals surface area contributed by atoms with E-state index in [0.717, 1.165) is 19.4 Å². The van der Waals surface area contributed by atoms with Crippen LogP contribution in [0.25, 0.3) is 0 Å². The summed E-state index contributed by atoms with van der Waals surface area (Å²) in [6.45, 7) is 5.90. The normalized spacial score (nSPS) is 19.9. The fourth-order valence-corrected chi connectivity index (χ4v) is 2.04. The molecule has 0 unspecified atom stereocenters. The highest BCUT2D eigenvalue weighted by molar-refractivity contribution is 5.76. The average molecular weight is 241 g/mol. The number of nitrogens with zero attached hydrogens (tertiary/aromatic N) is 1. The van der Waals surface area contributed by atoms with Crippen LogP contribution in [-0.2, 0) is 14.3 Å². The van der Waals surface area contributed by atoms with E-state index < -0.39 is 0 Å². The molecule has 0 atom stereocenters. The van der Waals surface area contributed by atoms with E-state index in [2.05, 4.69) is 18.6 Å². The first kappa shape index (κ1) is 14.0. The van der Waals surface area contributed by atoms with Crippen molar-refractivity contribution in [1.82, 2.24) is 4.90 Å². The summed E-state index contributed by atoms with van der Waals surface area (Å²) in [6.07, 6.45) is 3.71. The van der Waals surface area contributed by atoms with Gasteiger partial charge in [0.15, 0.2) is 0 Å². The summed E-state index contributed by atoms with van der Waals surface area (Å²) in [5.74, 6) is 0.0213. The predicted molar refractivity (Wildman–Crippen MR) is 65.5 cm³/mol. The number of methoxy groups -OCH3 is 1. The number of amides is 1. The standard InChI is InChI=1S/C13H23NO3/c1-13(2)7-6-11(15)14(10-8-13)9-4-5-12(16)17-3/h4-10H2,1-3H3. The second kappa shape index (κ2) is 6.03. The maximum atomic E-state index is 11.9. The molecule has 1 saturated heterocycles. The molecule has 0 aromatic heterocycles. The summed E-state index contributed by atoms with van der Waals surface area (Å²) in [5.41, 5.74) is 0.257. The lowest BCUT2D eigenvalue weighted by Crippen LogP contribution is -2.31. The van der Waals surface area contributed by atoms with Crippen LogP contribution in [0.4, 0.5) is 0 Å². The third-order valence-electron chi connectivity index (χ3n) is 3.46. The zero-order valence-corrected chi connectivity index (χ0v) is 11.1. The number of likely N-dealkylation sites (tertiary alicyclic amines) is 1. The predicted octanol–water partition coefficient (Wildman–Crippen LogP) is 1.98. The number of carbonyl (C=O) groups is 2. The van der Waals surface area contributed by atoms with Crippen LogP contribution < -0.4 is 0 Å². The minimum Gasteiger partial charge on any atom is -0.469 e. The van der Waals surface area contributed by atoms with Gasteiger partial charge in [-0.15, -0.1) is 0 Å². The molecule has 0 bridgehead atoms. The summed E-state index contributed by atoms with van der Waals surface area (Å²) in [5, 5.41) is 0. The van der Waals surface area contributed by atoms with Gasteiger partial charge in [-0.05, 0) is 24.7 Å². The van der Waals surface area contributed by atoms with Gasteiger partial charge in [-0.2, -0.15) is 0 Å². The molecule has 17 heavy (non-hydrogen) atoms. The monoisotopic (exact) mass is 241 g/mol. The van der Waals surface area contributed by atoms with Gasteiger partial charge in [0, 0.05) is 25.9 Å². The molecule has 1 amide bonds. The van der Waals surface area contributed by atoms with E-state index in [1.165, 1.54) is 7.11 Å². The maximum absolute atomic E-state index is 11.9. The Labute approximate surface area is 103 Å². The quantitative estimate of drug-likeness (QED) is 0.707. The minimum absolute atomic E-state index is 0.201. The van der Waals surface area contributed by atoms with Gasteiger partial charge in [0.25, 0.3) is 0 Å². The topological polar surface area (TPSA) is 46.6 Å². The van der Waals surface area contributed by atoms with Crippen LogP contribution in [0, 0.1) is 5.41 Å². The van der Waals surface area contributed by atoms with E-state index in [9.17, 15) is 9.59 Å². The summed E-state index contributed by atoms with van der Waals surface area (Å²) in [7, 11) is 1.39. The van der Waals surface area contributed by atoms with E-state index >= 15 is 0 Å². The molecule has 1 aliphatic heterocycles. The molecule has 1 fully saturated rings. The van der Waals surface area contributed by atoms with Crippen molar-refractivity contribution in [2.75, 3.05) is 20.2 Å². The molecule has 98 valence electrons. The Bertz CT molecular complexity index is 286. The highest BCUT2D eigenvalue weighted by atomic mass is 16.5. The van der Waals surface area contributed by atoms with Gasteiger partial charge < -0.3 is 9.64 Å². The average Bonchev–Trinajstić information content (AvgIpc) is 2.41. The summed E-state index contributed by atoms with van der Waals surface area (Å²) in [4.78, 5) is 24.7. The Hall–Kier alpha value is -1.06. The van der Waals surface area contributed by atoms with Crippen molar-refractivity contribution in [3.05, 3.63) is 0 Å². The van der Waals surface area contributed by atoms with E-state index in [1.807, 2.05) is 4.90 Å². The van der Waals surface area contributed by atoms with Gasteiger partial charge in [0.05, 0.1) is 7.11 Å². The SMILES string of the molecule is COC(=O)CCCN1CCC(C)(C)CCC1=O. The first-order chi connectivity index (χ1) is 7.94. The first-order valence-electron chi connectivity index (χ1n) is 6.29. The summed E-state index contributed by atoms with van der Waals surface area (Å²) in [6, 6.07) is 0. The van der Waals surface area contributed by atoms with Crippen LogP contribution in [-0.4, -0.2) is 37.0 Å². The molecular weight excluding hydrogens is 218 g/mol. The zero-order chi connectivity index (χ0) is 12.9. The third kappa shape index (κ3) is 4.75. The first-order valence-corrected chi connectivity index (χ1v) is 6.29. The van der Waals surface area contributed by atoms with Gasteiger partial charge in [-0.1, -0.05) is 13.8 Å². The molecule has 0 spiro atoms. The van der Waals surface area contributed by atoms with E-state index in [4.69, 9.17) is 0 Å². The van der Waals surface area contributed by atoms with E-state index in [0.29, 0.717) is 25.8 Å². The number of ether oxygens (including phenoxy) is 1. The smallest absolute Gasteiger partial charge is 0.305 e. The van der Waals surface area contributed by atoms with Crippen molar-refractivity contribution in [3.8, 4) is 0 Å². The number of hydrogen-bond donors (Lipinski definition) is 0. The summed E-state index contributed by atoms with van der Waals surface area (Å²) >= 11 is 0. The number of esters is 1. The van der Waals surface area contributed by atoms with Gasteiger partial charge in [0.2, 0.25) is 5.91 Å². The molecular formula is C13H23NO3. The molecule has 4 heteroatoms. The molecule has 1 heterocycles. The van der Waals surface area contributed by atoms with Crippen LogP contribution >= 0.6 is 0 Å². The van der Waals surface area contributed by atoms with Crippen molar-refractivity contribution in [1.29, 1.82) is 0 Å². The Morgan fingerprint density at radius 3 is 2.76 bits per heavy atom. The minimum atomic E-state index is -0.201. The van der Waals surface area contributed by atoms with Crippen LogP contribution in [0.2, 0.25) is 0 Å². The Balaban J connectivity index is 2.37. The third-order valence-corrected chi connectivity index (χ3v) is 3.46.